The van der Waals surface area contributed by atoms with Crippen molar-refractivity contribution in [1.82, 2.24) is 4.90 Å². The average Bonchev–Trinajstić information content (AvgIpc) is 2.16. The maximum atomic E-state index is 11.1. The van der Waals surface area contributed by atoms with E-state index in [0.29, 0.717) is 19.8 Å². The Morgan fingerprint density at radius 3 is 2.85 bits per heavy atom. The normalized spacial score (nSPS) is 22.8. The molecule has 0 spiro atoms. The molecule has 0 aromatic heterocycles. The number of carbonyl (C=O) groups excluding carboxylic acids is 1. The zero-order chi connectivity index (χ0) is 9.84. The lowest BCUT2D eigenvalue weighted by Crippen LogP contribution is -2.50. The van der Waals surface area contributed by atoms with Crippen LogP contribution < -0.4 is 0 Å². The highest BCUT2D eigenvalue weighted by Gasteiger charge is 2.29. The largest absolute Gasteiger partial charge is 0.474 e. The smallest absolute Gasteiger partial charge is 0.394 e. The molecule has 0 radical (unpaired) electrons. The number of hydrogen-bond acceptors (Lipinski definition) is 3. The van der Waals surface area contributed by atoms with E-state index in [1.54, 1.807) is 0 Å². The second kappa shape index (κ2) is 4.23. The molecule has 1 amide bonds. The third-order valence-corrected chi connectivity index (χ3v) is 2.14. The van der Waals surface area contributed by atoms with Crippen molar-refractivity contribution in [1.29, 1.82) is 0 Å². The molecular weight excluding hydrogens is 174 g/mol. The van der Waals surface area contributed by atoms with Gasteiger partial charge >= 0.3 is 11.9 Å². The van der Waals surface area contributed by atoms with E-state index in [0.717, 1.165) is 6.42 Å². The summed E-state index contributed by atoms with van der Waals surface area (Å²) in [6.45, 7) is 3.15. The third kappa shape index (κ3) is 2.18. The Morgan fingerprint density at radius 2 is 2.31 bits per heavy atom. The number of carboxylic acid groups (broad SMARTS) is 1. The van der Waals surface area contributed by atoms with Crippen LogP contribution in [0.2, 0.25) is 0 Å². The fourth-order valence-electron chi connectivity index (χ4n) is 1.38. The van der Waals surface area contributed by atoms with E-state index in [1.807, 2.05) is 6.92 Å². The van der Waals surface area contributed by atoms with Crippen molar-refractivity contribution in [3.05, 3.63) is 0 Å². The zero-order valence-electron chi connectivity index (χ0n) is 7.52. The Labute approximate surface area is 76.3 Å². The Morgan fingerprint density at radius 1 is 1.62 bits per heavy atom. The number of ether oxygens (including phenoxy) is 1. The van der Waals surface area contributed by atoms with Gasteiger partial charge in [-0.15, -0.1) is 0 Å². The first-order valence-electron chi connectivity index (χ1n) is 4.28. The Balaban J connectivity index is 2.64. The van der Waals surface area contributed by atoms with Crippen molar-refractivity contribution in [2.24, 2.45) is 0 Å². The van der Waals surface area contributed by atoms with Crippen LogP contribution in [0.4, 0.5) is 0 Å². The highest BCUT2D eigenvalue weighted by molar-refractivity contribution is 6.31. The summed E-state index contributed by atoms with van der Waals surface area (Å²) in [5.41, 5.74) is 0. The summed E-state index contributed by atoms with van der Waals surface area (Å²) in [5.74, 6) is -2.21. The molecule has 1 saturated heterocycles. The van der Waals surface area contributed by atoms with Crippen LogP contribution in [0, 0.1) is 0 Å². The van der Waals surface area contributed by atoms with Crippen molar-refractivity contribution in [3.8, 4) is 0 Å². The lowest BCUT2D eigenvalue weighted by atomic mass is 10.2. The molecule has 1 fully saturated rings. The van der Waals surface area contributed by atoms with E-state index in [9.17, 15) is 9.59 Å². The molecule has 13 heavy (non-hydrogen) atoms. The van der Waals surface area contributed by atoms with Gasteiger partial charge < -0.3 is 14.7 Å². The average molecular weight is 187 g/mol. The molecular formula is C8H13NO4. The summed E-state index contributed by atoms with van der Waals surface area (Å²) in [6.07, 6.45) is 0.721. The summed E-state index contributed by atoms with van der Waals surface area (Å²) in [4.78, 5) is 22.9. The van der Waals surface area contributed by atoms with Crippen LogP contribution in [-0.4, -0.2) is 47.7 Å². The summed E-state index contributed by atoms with van der Waals surface area (Å²) < 4.78 is 5.15. The summed E-state index contributed by atoms with van der Waals surface area (Å²) in [5, 5.41) is 8.52. The maximum Gasteiger partial charge on any atom is 0.394 e. The molecule has 1 rings (SSSR count). The first-order chi connectivity index (χ1) is 6.16. The second-order valence-corrected chi connectivity index (χ2v) is 2.94. The van der Waals surface area contributed by atoms with E-state index in [2.05, 4.69) is 0 Å². The van der Waals surface area contributed by atoms with Crippen LogP contribution in [0.3, 0.4) is 0 Å². The number of amides is 1. The van der Waals surface area contributed by atoms with Gasteiger partial charge in [0.1, 0.15) is 0 Å². The summed E-state index contributed by atoms with van der Waals surface area (Å²) >= 11 is 0. The van der Waals surface area contributed by atoms with Crippen LogP contribution in [0.25, 0.3) is 0 Å². The van der Waals surface area contributed by atoms with E-state index in [4.69, 9.17) is 9.84 Å². The zero-order valence-corrected chi connectivity index (χ0v) is 7.52. The van der Waals surface area contributed by atoms with Gasteiger partial charge in [-0.05, 0) is 6.42 Å². The highest BCUT2D eigenvalue weighted by atomic mass is 16.5. The van der Waals surface area contributed by atoms with Crippen LogP contribution in [0.1, 0.15) is 13.3 Å². The standard InChI is InChI=1S/C8H13NO4/c1-2-6-5-13-4-3-9(6)7(10)8(11)12/h6H,2-5H2,1H3,(H,11,12). The summed E-state index contributed by atoms with van der Waals surface area (Å²) in [6, 6.07) is -0.0858. The Kier molecular flexibility index (Phi) is 3.25. The van der Waals surface area contributed by atoms with Gasteiger partial charge in [-0.3, -0.25) is 4.79 Å². The van der Waals surface area contributed by atoms with E-state index in [-0.39, 0.29) is 6.04 Å². The molecule has 0 aliphatic carbocycles. The molecule has 0 aromatic rings. The molecule has 1 N–H and O–H groups in total. The van der Waals surface area contributed by atoms with Crippen molar-refractivity contribution in [3.63, 3.8) is 0 Å². The molecule has 0 saturated carbocycles. The van der Waals surface area contributed by atoms with Gasteiger partial charge in [0.25, 0.3) is 0 Å². The van der Waals surface area contributed by atoms with Crippen molar-refractivity contribution in [2.45, 2.75) is 19.4 Å². The van der Waals surface area contributed by atoms with Crippen LogP contribution in [0.15, 0.2) is 0 Å². The monoisotopic (exact) mass is 187 g/mol. The number of hydrogen-bond donors (Lipinski definition) is 1. The minimum atomic E-state index is -1.39. The van der Waals surface area contributed by atoms with Gasteiger partial charge in [0.05, 0.1) is 19.3 Å². The molecule has 0 bridgehead atoms. The van der Waals surface area contributed by atoms with Crippen molar-refractivity contribution >= 4 is 11.9 Å². The van der Waals surface area contributed by atoms with E-state index < -0.39 is 11.9 Å². The number of morpholine rings is 1. The molecule has 5 nitrogen and oxygen atoms in total. The van der Waals surface area contributed by atoms with E-state index in [1.165, 1.54) is 4.90 Å². The highest BCUT2D eigenvalue weighted by Crippen LogP contribution is 2.10. The third-order valence-electron chi connectivity index (χ3n) is 2.14. The van der Waals surface area contributed by atoms with Gasteiger partial charge in [0.15, 0.2) is 0 Å². The molecule has 1 heterocycles. The minimum Gasteiger partial charge on any atom is -0.474 e. The molecule has 1 aliphatic heterocycles. The van der Waals surface area contributed by atoms with Gasteiger partial charge in [0.2, 0.25) is 0 Å². The van der Waals surface area contributed by atoms with Crippen LogP contribution in [-0.2, 0) is 14.3 Å². The molecule has 5 heteroatoms. The second-order valence-electron chi connectivity index (χ2n) is 2.94. The fourth-order valence-corrected chi connectivity index (χ4v) is 1.38. The molecule has 1 atom stereocenters. The van der Waals surface area contributed by atoms with Crippen LogP contribution >= 0.6 is 0 Å². The van der Waals surface area contributed by atoms with Gasteiger partial charge in [-0.1, -0.05) is 6.92 Å². The topological polar surface area (TPSA) is 66.8 Å². The predicted molar refractivity (Wildman–Crippen MR) is 44.2 cm³/mol. The predicted octanol–water partition coefficient (Wildman–Crippen LogP) is -0.292. The molecule has 1 aliphatic rings. The lowest BCUT2D eigenvalue weighted by molar-refractivity contribution is -0.160. The van der Waals surface area contributed by atoms with Gasteiger partial charge in [0, 0.05) is 6.54 Å². The first kappa shape index (κ1) is 9.98. The quantitative estimate of drug-likeness (QED) is 0.573. The number of rotatable bonds is 1. The summed E-state index contributed by atoms with van der Waals surface area (Å²) in [7, 11) is 0. The van der Waals surface area contributed by atoms with Crippen molar-refractivity contribution in [2.75, 3.05) is 19.8 Å². The fraction of sp³-hybridized carbons (Fsp3) is 0.750. The SMILES string of the molecule is CCC1COCCN1C(=O)C(=O)O. The number of nitrogens with zero attached hydrogens (tertiary/aromatic N) is 1. The first-order valence-corrected chi connectivity index (χ1v) is 4.28. The number of carbonyl (C=O) groups is 2. The molecule has 1 unspecified atom stereocenters. The molecule has 74 valence electrons. The van der Waals surface area contributed by atoms with Gasteiger partial charge in [-0.2, -0.15) is 0 Å². The minimum absolute atomic E-state index is 0.0858. The maximum absolute atomic E-state index is 11.1. The number of carboxylic acids is 1. The Hall–Kier alpha value is -1.10. The Bertz CT molecular complexity index is 216. The van der Waals surface area contributed by atoms with E-state index >= 15 is 0 Å². The van der Waals surface area contributed by atoms with Crippen LogP contribution in [0.5, 0.6) is 0 Å². The lowest BCUT2D eigenvalue weighted by Gasteiger charge is -2.33. The molecule has 0 aromatic carbocycles. The van der Waals surface area contributed by atoms with Gasteiger partial charge in [-0.25, -0.2) is 4.79 Å². The number of aliphatic carboxylic acids is 1. The van der Waals surface area contributed by atoms with Crippen molar-refractivity contribution < 1.29 is 19.4 Å².